The van der Waals surface area contributed by atoms with Crippen LogP contribution in [0.3, 0.4) is 0 Å². The summed E-state index contributed by atoms with van der Waals surface area (Å²) in [4.78, 5) is 47.8. The Morgan fingerprint density at radius 2 is 1.94 bits per heavy atom. The summed E-state index contributed by atoms with van der Waals surface area (Å²) in [6.45, 7) is 2.75. The molecule has 1 saturated heterocycles. The van der Waals surface area contributed by atoms with Gasteiger partial charge in [-0.25, -0.2) is 9.97 Å². The van der Waals surface area contributed by atoms with Crippen LogP contribution in [0.1, 0.15) is 39.9 Å². The molecule has 4 aromatic rings. The first-order valence-corrected chi connectivity index (χ1v) is 10.9. The number of ether oxygens (including phenoxy) is 1. The van der Waals surface area contributed by atoms with E-state index in [2.05, 4.69) is 15.1 Å². The fourth-order valence-electron chi connectivity index (χ4n) is 3.89. The quantitative estimate of drug-likeness (QED) is 0.248. The summed E-state index contributed by atoms with van der Waals surface area (Å²) < 4.78 is 8.35. The Bertz CT molecular complexity index is 1430. The normalized spacial score (nSPS) is 13.1. The molecule has 34 heavy (non-hydrogen) atoms. The molecular weight excluding hydrogens is 436 g/mol. The predicted octanol–water partition coefficient (Wildman–Crippen LogP) is 2.33. The number of Topliss-reactive ketones (excluding diaryl/α,β-unsaturated/α-hetero) is 1. The molecule has 10 nitrogen and oxygen atoms in total. The summed E-state index contributed by atoms with van der Waals surface area (Å²) in [5.41, 5.74) is 2.56. The van der Waals surface area contributed by atoms with E-state index in [-0.39, 0.29) is 23.8 Å². The zero-order chi connectivity index (χ0) is 23.8. The molecule has 0 bridgehead atoms. The number of hydrogen-bond acceptors (Lipinski definition) is 7. The van der Waals surface area contributed by atoms with Crippen LogP contribution in [-0.2, 0) is 18.3 Å². The van der Waals surface area contributed by atoms with Crippen molar-refractivity contribution in [3.05, 3.63) is 65.9 Å². The standard InChI is InChI=1S/C24H22N6O4/c1-15(31)34-18-6-3-5-16(11-18)20-14-30-10-7-17(26-24(30)27-20)12-21(32)22-19(13-25-28(22)2)23(33)29-8-4-9-29/h3,5-7,10-11,13-14H,4,8-9,12H2,1-2H3. The van der Waals surface area contributed by atoms with Crippen molar-refractivity contribution in [3.63, 3.8) is 0 Å². The van der Waals surface area contributed by atoms with Crippen LogP contribution in [-0.4, -0.2) is 59.8 Å². The average molecular weight is 458 g/mol. The lowest BCUT2D eigenvalue weighted by Gasteiger charge is -2.30. The Morgan fingerprint density at radius 1 is 1.12 bits per heavy atom. The Hall–Kier alpha value is -4.34. The molecule has 10 heteroatoms. The number of ketones is 1. The second-order valence-corrected chi connectivity index (χ2v) is 8.15. The topological polar surface area (TPSA) is 112 Å². The van der Waals surface area contributed by atoms with Gasteiger partial charge in [-0.1, -0.05) is 12.1 Å². The Balaban J connectivity index is 1.39. The third kappa shape index (κ3) is 4.05. The van der Waals surface area contributed by atoms with Crippen molar-refractivity contribution in [2.45, 2.75) is 19.8 Å². The Labute approximate surface area is 194 Å². The minimum absolute atomic E-state index is 0.0143. The first-order chi connectivity index (χ1) is 16.4. The molecule has 0 atom stereocenters. The van der Waals surface area contributed by atoms with E-state index in [1.807, 2.05) is 12.3 Å². The van der Waals surface area contributed by atoms with Gasteiger partial charge in [-0.2, -0.15) is 5.10 Å². The van der Waals surface area contributed by atoms with Gasteiger partial charge in [0.2, 0.25) is 5.78 Å². The van der Waals surface area contributed by atoms with E-state index in [0.717, 1.165) is 12.0 Å². The number of benzene rings is 1. The number of hydrogen-bond donors (Lipinski definition) is 0. The SMILES string of the molecule is CC(=O)Oc1cccc(-c2cn3ccc(CC(=O)c4c(C(=O)N5CCC5)cnn4C)nc3n2)c1. The second-order valence-electron chi connectivity index (χ2n) is 8.15. The number of fused-ring (bicyclic) bond motifs is 1. The highest BCUT2D eigenvalue weighted by atomic mass is 16.5. The number of imidazole rings is 1. The zero-order valence-electron chi connectivity index (χ0n) is 18.8. The fourth-order valence-corrected chi connectivity index (χ4v) is 3.89. The molecule has 0 radical (unpaired) electrons. The number of carbonyl (C=O) groups is 3. The maximum absolute atomic E-state index is 13.1. The summed E-state index contributed by atoms with van der Waals surface area (Å²) in [5.74, 6) is 0.0639. The lowest BCUT2D eigenvalue weighted by molar-refractivity contribution is -0.131. The highest BCUT2D eigenvalue weighted by Gasteiger charge is 2.28. The summed E-state index contributed by atoms with van der Waals surface area (Å²) in [7, 11) is 1.65. The first-order valence-electron chi connectivity index (χ1n) is 10.9. The third-order valence-corrected chi connectivity index (χ3v) is 5.69. The van der Waals surface area contributed by atoms with Crippen LogP contribution in [0.5, 0.6) is 5.75 Å². The maximum atomic E-state index is 13.1. The number of carbonyl (C=O) groups excluding carboxylic acids is 3. The largest absolute Gasteiger partial charge is 0.427 e. The van der Waals surface area contributed by atoms with Crippen LogP contribution in [0.25, 0.3) is 17.0 Å². The third-order valence-electron chi connectivity index (χ3n) is 5.69. The lowest BCUT2D eigenvalue weighted by Crippen LogP contribution is -2.42. The van der Waals surface area contributed by atoms with Crippen molar-refractivity contribution < 1.29 is 19.1 Å². The molecule has 1 aliphatic heterocycles. The molecule has 172 valence electrons. The summed E-state index contributed by atoms with van der Waals surface area (Å²) in [6, 6.07) is 8.81. The van der Waals surface area contributed by atoms with E-state index < -0.39 is 5.97 Å². The number of rotatable bonds is 6. The van der Waals surface area contributed by atoms with Crippen LogP contribution in [0.15, 0.2) is 48.9 Å². The summed E-state index contributed by atoms with van der Waals surface area (Å²) in [6.07, 6.45) is 6.04. The average Bonchev–Trinajstić information content (AvgIpc) is 3.35. The van der Waals surface area contributed by atoms with Crippen molar-refractivity contribution in [1.29, 1.82) is 0 Å². The minimum atomic E-state index is -0.397. The van der Waals surface area contributed by atoms with Crippen LogP contribution in [0.2, 0.25) is 0 Å². The van der Waals surface area contributed by atoms with Crippen molar-refractivity contribution in [2.24, 2.45) is 7.05 Å². The van der Waals surface area contributed by atoms with Crippen molar-refractivity contribution in [1.82, 2.24) is 29.0 Å². The molecule has 1 fully saturated rings. The first kappa shape index (κ1) is 21.5. The van der Waals surface area contributed by atoms with Gasteiger partial charge in [-0.05, 0) is 24.6 Å². The van der Waals surface area contributed by atoms with Crippen LogP contribution in [0, 0.1) is 0 Å². The number of likely N-dealkylation sites (tertiary alicyclic amines) is 1. The molecule has 0 unspecified atom stereocenters. The fraction of sp³-hybridized carbons (Fsp3) is 0.250. The predicted molar refractivity (Wildman–Crippen MR) is 121 cm³/mol. The maximum Gasteiger partial charge on any atom is 0.308 e. The molecule has 0 aliphatic carbocycles. The van der Waals surface area contributed by atoms with E-state index in [9.17, 15) is 14.4 Å². The monoisotopic (exact) mass is 458 g/mol. The highest BCUT2D eigenvalue weighted by molar-refractivity contribution is 6.07. The molecule has 5 rings (SSSR count). The van der Waals surface area contributed by atoms with E-state index in [1.165, 1.54) is 17.8 Å². The number of amides is 1. The van der Waals surface area contributed by atoms with Gasteiger partial charge in [-0.15, -0.1) is 0 Å². The number of esters is 1. The van der Waals surface area contributed by atoms with Crippen molar-refractivity contribution in [2.75, 3.05) is 13.1 Å². The van der Waals surface area contributed by atoms with Gasteiger partial charge in [0.05, 0.1) is 29.6 Å². The molecular formula is C24H22N6O4. The molecule has 1 aromatic carbocycles. The van der Waals surface area contributed by atoms with Gasteiger partial charge in [0.1, 0.15) is 11.4 Å². The van der Waals surface area contributed by atoms with E-state index in [4.69, 9.17) is 4.74 Å². The van der Waals surface area contributed by atoms with E-state index >= 15 is 0 Å². The molecule has 0 N–H and O–H groups in total. The van der Waals surface area contributed by atoms with Gasteiger partial charge in [0.25, 0.3) is 5.91 Å². The Kier molecular flexibility index (Phi) is 5.40. The smallest absolute Gasteiger partial charge is 0.308 e. The number of aryl methyl sites for hydroxylation is 1. The second kappa shape index (κ2) is 8.54. The molecule has 3 aromatic heterocycles. The van der Waals surface area contributed by atoms with E-state index in [1.54, 1.807) is 46.8 Å². The summed E-state index contributed by atoms with van der Waals surface area (Å²) in [5, 5.41) is 4.13. The molecule has 1 amide bonds. The molecule has 1 aliphatic rings. The van der Waals surface area contributed by atoms with Gasteiger partial charge in [0.15, 0.2) is 5.78 Å². The van der Waals surface area contributed by atoms with Gasteiger partial charge in [0, 0.05) is 45.0 Å². The molecule has 0 spiro atoms. The lowest BCUT2D eigenvalue weighted by atomic mass is 10.1. The van der Waals surface area contributed by atoms with Crippen molar-refractivity contribution in [3.8, 4) is 17.0 Å². The minimum Gasteiger partial charge on any atom is -0.427 e. The molecule has 0 saturated carbocycles. The van der Waals surface area contributed by atoms with Crippen LogP contribution >= 0.6 is 0 Å². The summed E-state index contributed by atoms with van der Waals surface area (Å²) >= 11 is 0. The Morgan fingerprint density at radius 3 is 2.68 bits per heavy atom. The highest BCUT2D eigenvalue weighted by Crippen LogP contribution is 2.24. The van der Waals surface area contributed by atoms with Gasteiger partial charge in [-0.3, -0.25) is 23.5 Å². The zero-order valence-corrected chi connectivity index (χ0v) is 18.8. The van der Waals surface area contributed by atoms with Crippen LogP contribution in [0.4, 0.5) is 0 Å². The number of nitrogens with zero attached hydrogens (tertiary/aromatic N) is 6. The number of aromatic nitrogens is 5. The molecule has 4 heterocycles. The van der Waals surface area contributed by atoms with Crippen molar-refractivity contribution >= 4 is 23.4 Å². The van der Waals surface area contributed by atoms with Gasteiger partial charge < -0.3 is 9.64 Å². The van der Waals surface area contributed by atoms with Gasteiger partial charge >= 0.3 is 5.97 Å². The van der Waals surface area contributed by atoms with E-state index in [0.29, 0.717) is 41.6 Å². The van der Waals surface area contributed by atoms with Crippen LogP contribution < -0.4 is 4.74 Å².